The van der Waals surface area contributed by atoms with Crippen LogP contribution < -0.4 is 5.73 Å². The lowest BCUT2D eigenvalue weighted by Gasteiger charge is -2.26. The first kappa shape index (κ1) is 14.2. The second kappa shape index (κ2) is 7.46. The molecule has 0 spiro atoms. The highest BCUT2D eigenvalue weighted by atomic mass is 15.1. The maximum Gasteiger partial charge on any atom is 0.0170 e. The van der Waals surface area contributed by atoms with Gasteiger partial charge in [0.2, 0.25) is 0 Å². The molecule has 0 amide bonds. The Morgan fingerprint density at radius 3 is 2.47 bits per heavy atom. The fraction of sp³-hybridized carbons (Fsp3) is 0.600. The predicted molar refractivity (Wildman–Crippen MR) is 75.1 cm³/mol. The van der Waals surface area contributed by atoms with Gasteiger partial charge < -0.3 is 10.6 Å². The summed E-state index contributed by atoms with van der Waals surface area (Å²) < 4.78 is 0. The van der Waals surface area contributed by atoms with Crippen LogP contribution in [0.25, 0.3) is 0 Å². The molecule has 0 aromatic heterocycles. The van der Waals surface area contributed by atoms with E-state index >= 15 is 0 Å². The van der Waals surface area contributed by atoms with Crippen LogP contribution >= 0.6 is 0 Å². The van der Waals surface area contributed by atoms with Crippen LogP contribution in [0.15, 0.2) is 30.3 Å². The van der Waals surface area contributed by atoms with E-state index in [4.69, 9.17) is 5.73 Å². The monoisotopic (exact) mass is 234 g/mol. The van der Waals surface area contributed by atoms with Gasteiger partial charge >= 0.3 is 0 Å². The third kappa shape index (κ3) is 5.33. The van der Waals surface area contributed by atoms with E-state index < -0.39 is 0 Å². The number of nitrogens with two attached hydrogens (primary N) is 1. The molecule has 0 heterocycles. The molecule has 2 heteroatoms. The minimum Gasteiger partial charge on any atom is -0.327 e. The molecule has 2 atom stereocenters. The fourth-order valence-corrected chi connectivity index (χ4v) is 1.95. The lowest BCUT2D eigenvalue weighted by Crippen LogP contribution is -2.39. The molecular weight excluding hydrogens is 208 g/mol. The SMILES string of the molecule is CCC(C)N(C)CC(N)CCc1ccccc1. The summed E-state index contributed by atoms with van der Waals surface area (Å²) in [5.74, 6) is 0. The van der Waals surface area contributed by atoms with E-state index in [2.05, 4.69) is 56.1 Å². The summed E-state index contributed by atoms with van der Waals surface area (Å²) >= 11 is 0. The summed E-state index contributed by atoms with van der Waals surface area (Å²) in [7, 11) is 2.16. The summed E-state index contributed by atoms with van der Waals surface area (Å²) in [5, 5.41) is 0. The van der Waals surface area contributed by atoms with Crippen molar-refractivity contribution in [1.29, 1.82) is 0 Å². The Balaban J connectivity index is 2.28. The number of nitrogens with zero attached hydrogens (tertiary/aromatic N) is 1. The average Bonchev–Trinajstić information content (AvgIpc) is 2.36. The van der Waals surface area contributed by atoms with Gasteiger partial charge in [-0.3, -0.25) is 0 Å². The van der Waals surface area contributed by atoms with Crippen LogP contribution in [0.1, 0.15) is 32.3 Å². The van der Waals surface area contributed by atoms with Gasteiger partial charge in [-0.25, -0.2) is 0 Å². The minimum atomic E-state index is 0.272. The Hall–Kier alpha value is -0.860. The molecule has 0 bridgehead atoms. The van der Waals surface area contributed by atoms with Crippen molar-refractivity contribution in [3.63, 3.8) is 0 Å². The molecule has 1 rings (SSSR count). The van der Waals surface area contributed by atoms with Crippen LogP contribution in [0.2, 0.25) is 0 Å². The molecule has 0 aliphatic heterocycles. The van der Waals surface area contributed by atoms with Gasteiger partial charge in [0.15, 0.2) is 0 Å². The molecule has 17 heavy (non-hydrogen) atoms. The first-order valence-corrected chi connectivity index (χ1v) is 6.63. The fourth-order valence-electron chi connectivity index (χ4n) is 1.95. The van der Waals surface area contributed by atoms with E-state index in [0.717, 1.165) is 19.4 Å². The second-order valence-electron chi connectivity index (χ2n) is 4.98. The number of likely N-dealkylation sites (N-methyl/N-ethyl adjacent to an activating group) is 1. The smallest absolute Gasteiger partial charge is 0.0170 e. The molecule has 1 aromatic rings. The van der Waals surface area contributed by atoms with Crippen molar-refractivity contribution in [2.45, 2.75) is 45.2 Å². The number of hydrogen-bond donors (Lipinski definition) is 1. The quantitative estimate of drug-likeness (QED) is 0.786. The van der Waals surface area contributed by atoms with E-state index in [9.17, 15) is 0 Å². The molecule has 0 saturated heterocycles. The zero-order valence-electron chi connectivity index (χ0n) is 11.4. The van der Waals surface area contributed by atoms with Crippen LogP contribution in [0.3, 0.4) is 0 Å². The van der Waals surface area contributed by atoms with Gasteiger partial charge in [-0.05, 0) is 38.8 Å². The second-order valence-corrected chi connectivity index (χ2v) is 4.98. The van der Waals surface area contributed by atoms with E-state index in [0.29, 0.717) is 6.04 Å². The lowest BCUT2D eigenvalue weighted by molar-refractivity contribution is 0.233. The summed E-state index contributed by atoms with van der Waals surface area (Å²) in [5.41, 5.74) is 7.56. The molecule has 0 radical (unpaired) electrons. The Labute approximate surface area is 106 Å². The molecule has 2 nitrogen and oxygen atoms in total. The summed E-state index contributed by atoms with van der Waals surface area (Å²) in [4.78, 5) is 2.36. The van der Waals surface area contributed by atoms with Gasteiger partial charge in [-0.15, -0.1) is 0 Å². The summed E-state index contributed by atoms with van der Waals surface area (Å²) in [6, 6.07) is 11.5. The van der Waals surface area contributed by atoms with Gasteiger partial charge in [0, 0.05) is 18.6 Å². The largest absolute Gasteiger partial charge is 0.327 e. The maximum atomic E-state index is 6.17. The average molecular weight is 234 g/mol. The third-order valence-electron chi connectivity index (χ3n) is 3.51. The van der Waals surface area contributed by atoms with Crippen LogP contribution in [0.4, 0.5) is 0 Å². The highest BCUT2D eigenvalue weighted by Gasteiger charge is 2.11. The van der Waals surface area contributed by atoms with Crippen molar-refractivity contribution in [2.75, 3.05) is 13.6 Å². The molecule has 2 unspecified atom stereocenters. The van der Waals surface area contributed by atoms with Crippen molar-refractivity contribution in [2.24, 2.45) is 5.73 Å². The Morgan fingerprint density at radius 2 is 1.88 bits per heavy atom. The Bertz CT molecular complexity index is 297. The number of aryl methyl sites for hydroxylation is 1. The van der Waals surface area contributed by atoms with Crippen LogP contribution in [0, 0.1) is 0 Å². The first-order valence-electron chi connectivity index (χ1n) is 6.63. The van der Waals surface area contributed by atoms with Crippen molar-refractivity contribution in [3.8, 4) is 0 Å². The van der Waals surface area contributed by atoms with E-state index in [1.807, 2.05) is 0 Å². The number of benzene rings is 1. The third-order valence-corrected chi connectivity index (χ3v) is 3.51. The number of rotatable bonds is 7. The first-order chi connectivity index (χ1) is 8.13. The van der Waals surface area contributed by atoms with E-state index in [1.54, 1.807) is 0 Å². The Kier molecular flexibility index (Phi) is 6.23. The lowest BCUT2D eigenvalue weighted by atomic mass is 10.0. The minimum absolute atomic E-state index is 0.272. The zero-order chi connectivity index (χ0) is 12.7. The molecule has 2 N–H and O–H groups in total. The molecular formula is C15H26N2. The van der Waals surface area contributed by atoms with Gasteiger partial charge in [0.1, 0.15) is 0 Å². The van der Waals surface area contributed by atoms with Crippen molar-refractivity contribution < 1.29 is 0 Å². The standard InChI is InChI=1S/C15H26N2/c1-4-13(2)17(3)12-15(16)11-10-14-8-6-5-7-9-14/h5-9,13,15H,4,10-12,16H2,1-3H3. The Morgan fingerprint density at radius 1 is 1.24 bits per heavy atom. The topological polar surface area (TPSA) is 29.3 Å². The summed E-state index contributed by atoms with van der Waals surface area (Å²) in [6.45, 7) is 5.46. The maximum absolute atomic E-state index is 6.17. The zero-order valence-corrected chi connectivity index (χ0v) is 11.4. The van der Waals surface area contributed by atoms with E-state index in [1.165, 1.54) is 12.0 Å². The van der Waals surface area contributed by atoms with Crippen LogP contribution in [-0.2, 0) is 6.42 Å². The summed E-state index contributed by atoms with van der Waals surface area (Å²) in [6.07, 6.45) is 3.32. The van der Waals surface area contributed by atoms with Crippen molar-refractivity contribution in [3.05, 3.63) is 35.9 Å². The molecule has 0 aliphatic rings. The normalized spacial score (nSPS) is 14.9. The van der Waals surface area contributed by atoms with Gasteiger partial charge in [-0.2, -0.15) is 0 Å². The van der Waals surface area contributed by atoms with Crippen molar-refractivity contribution >= 4 is 0 Å². The van der Waals surface area contributed by atoms with Gasteiger partial charge in [0.25, 0.3) is 0 Å². The van der Waals surface area contributed by atoms with Gasteiger partial charge in [-0.1, -0.05) is 37.3 Å². The predicted octanol–water partition coefficient (Wildman–Crippen LogP) is 2.68. The van der Waals surface area contributed by atoms with Crippen molar-refractivity contribution in [1.82, 2.24) is 4.90 Å². The number of hydrogen-bond acceptors (Lipinski definition) is 2. The molecule has 96 valence electrons. The highest BCUT2D eigenvalue weighted by molar-refractivity contribution is 5.14. The van der Waals surface area contributed by atoms with E-state index in [-0.39, 0.29) is 6.04 Å². The van der Waals surface area contributed by atoms with Crippen LogP contribution in [-0.4, -0.2) is 30.6 Å². The molecule has 0 aliphatic carbocycles. The highest BCUT2D eigenvalue weighted by Crippen LogP contribution is 2.06. The van der Waals surface area contributed by atoms with Crippen LogP contribution in [0.5, 0.6) is 0 Å². The molecule has 0 saturated carbocycles. The molecule has 1 aromatic carbocycles. The molecule has 0 fully saturated rings. The van der Waals surface area contributed by atoms with Gasteiger partial charge in [0.05, 0.1) is 0 Å².